The summed E-state index contributed by atoms with van der Waals surface area (Å²) < 4.78 is 26.6. The van der Waals surface area contributed by atoms with Crippen LogP contribution < -0.4 is 34.3 Å². The minimum atomic E-state index is -0.0578. The zero-order valence-electron chi connectivity index (χ0n) is 16.2. The van der Waals surface area contributed by atoms with Crippen molar-refractivity contribution in [3.63, 3.8) is 0 Å². The van der Waals surface area contributed by atoms with Gasteiger partial charge in [0.25, 0.3) is 0 Å². The zero-order valence-corrected chi connectivity index (χ0v) is 16.2. The number of ether oxygens (including phenoxy) is 5. The van der Waals surface area contributed by atoms with Gasteiger partial charge in [-0.05, 0) is 17.7 Å². The maximum Gasteiger partial charge on any atom is 0.231 e. The molecule has 2 aromatic carbocycles. The number of carbonyl (C=O) groups is 1. The van der Waals surface area contributed by atoms with Crippen molar-refractivity contribution < 1.29 is 28.5 Å². The van der Waals surface area contributed by atoms with Gasteiger partial charge in [0.15, 0.2) is 23.0 Å². The second-order valence-electron chi connectivity index (χ2n) is 6.06. The fraction of sp³-hybridized carbons (Fsp3) is 0.350. The molecule has 0 aromatic heterocycles. The monoisotopic (exact) mass is 388 g/mol. The van der Waals surface area contributed by atoms with Gasteiger partial charge in [-0.1, -0.05) is 6.07 Å². The fourth-order valence-electron chi connectivity index (χ4n) is 2.84. The normalized spacial score (nSPS) is 11.7. The topological polar surface area (TPSA) is 87.3 Å². The van der Waals surface area contributed by atoms with E-state index < -0.39 is 0 Å². The lowest BCUT2D eigenvalue weighted by Gasteiger charge is -2.15. The Bertz CT molecular complexity index is 814. The Balaban J connectivity index is 1.48. The van der Waals surface area contributed by atoms with E-state index in [0.29, 0.717) is 42.5 Å². The zero-order chi connectivity index (χ0) is 19.9. The minimum Gasteiger partial charge on any atom is -0.493 e. The van der Waals surface area contributed by atoms with Gasteiger partial charge < -0.3 is 34.3 Å². The molecule has 8 heteroatoms. The molecule has 150 valence electrons. The molecule has 1 heterocycles. The van der Waals surface area contributed by atoms with E-state index in [-0.39, 0.29) is 12.7 Å². The smallest absolute Gasteiger partial charge is 0.231 e. The molecule has 1 amide bonds. The van der Waals surface area contributed by atoms with Crippen LogP contribution in [0.4, 0.5) is 5.69 Å². The maximum atomic E-state index is 12.1. The molecule has 0 atom stereocenters. The molecule has 0 radical (unpaired) electrons. The van der Waals surface area contributed by atoms with Gasteiger partial charge in [-0.15, -0.1) is 0 Å². The molecule has 0 unspecified atom stereocenters. The van der Waals surface area contributed by atoms with E-state index >= 15 is 0 Å². The first-order valence-corrected chi connectivity index (χ1v) is 8.83. The van der Waals surface area contributed by atoms with E-state index in [4.69, 9.17) is 23.7 Å². The van der Waals surface area contributed by atoms with Crippen molar-refractivity contribution in [1.82, 2.24) is 5.32 Å². The van der Waals surface area contributed by atoms with Gasteiger partial charge in [0.05, 0.1) is 21.3 Å². The maximum absolute atomic E-state index is 12.1. The lowest BCUT2D eigenvalue weighted by atomic mass is 10.2. The predicted molar refractivity (Wildman–Crippen MR) is 104 cm³/mol. The largest absolute Gasteiger partial charge is 0.493 e. The number of methoxy groups -OCH3 is 3. The number of hydrogen-bond donors (Lipinski definition) is 2. The fourth-order valence-corrected chi connectivity index (χ4v) is 2.84. The highest BCUT2D eigenvalue weighted by atomic mass is 16.7. The van der Waals surface area contributed by atoms with Crippen LogP contribution in [-0.2, 0) is 11.3 Å². The second kappa shape index (κ2) is 9.07. The number of anilines is 1. The van der Waals surface area contributed by atoms with E-state index in [2.05, 4.69) is 10.6 Å². The van der Waals surface area contributed by atoms with Crippen LogP contribution in [0.1, 0.15) is 12.0 Å². The lowest BCUT2D eigenvalue weighted by molar-refractivity contribution is -0.121. The minimum absolute atomic E-state index is 0.0578. The molecule has 0 saturated heterocycles. The van der Waals surface area contributed by atoms with Crippen LogP contribution in [0.5, 0.6) is 28.7 Å². The summed E-state index contributed by atoms with van der Waals surface area (Å²) in [6.45, 7) is 1.13. The summed E-state index contributed by atoms with van der Waals surface area (Å²) in [4.78, 5) is 12.1. The Hall–Kier alpha value is -3.29. The van der Waals surface area contributed by atoms with Gasteiger partial charge in [0.2, 0.25) is 18.4 Å². The van der Waals surface area contributed by atoms with Gasteiger partial charge >= 0.3 is 0 Å². The summed E-state index contributed by atoms with van der Waals surface area (Å²) in [6.07, 6.45) is 0.321. The van der Waals surface area contributed by atoms with Crippen LogP contribution in [0, 0.1) is 0 Å². The molecule has 3 rings (SSSR count). The van der Waals surface area contributed by atoms with Crippen LogP contribution in [-0.4, -0.2) is 40.6 Å². The van der Waals surface area contributed by atoms with Crippen LogP contribution in [0.2, 0.25) is 0 Å². The van der Waals surface area contributed by atoms with E-state index in [9.17, 15) is 4.79 Å². The Morgan fingerprint density at radius 2 is 1.71 bits per heavy atom. The third-order valence-corrected chi connectivity index (χ3v) is 4.27. The number of benzene rings is 2. The van der Waals surface area contributed by atoms with Gasteiger partial charge in [0, 0.05) is 37.3 Å². The number of fused-ring (bicyclic) bond motifs is 1. The first-order valence-electron chi connectivity index (χ1n) is 8.83. The van der Waals surface area contributed by atoms with Crippen molar-refractivity contribution >= 4 is 11.6 Å². The van der Waals surface area contributed by atoms with Crippen molar-refractivity contribution in [3.05, 3.63) is 35.9 Å². The molecule has 1 aliphatic heterocycles. The van der Waals surface area contributed by atoms with Gasteiger partial charge in [0.1, 0.15) is 0 Å². The van der Waals surface area contributed by atoms with Crippen molar-refractivity contribution in [2.75, 3.05) is 40.0 Å². The van der Waals surface area contributed by atoms with Crippen LogP contribution in [0.15, 0.2) is 30.3 Å². The molecule has 1 aliphatic rings. The molecular weight excluding hydrogens is 364 g/mol. The predicted octanol–water partition coefficient (Wildman–Crippen LogP) is 2.56. The third kappa shape index (κ3) is 4.51. The molecule has 2 N–H and O–H groups in total. The average molecular weight is 388 g/mol. The molecule has 8 nitrogen and oxygen atoms in total. The van der Waals surface area contributed by atoms with E-state index in [1.807, 2.05) is 18.2 Å². The standard InChI is InChI=1S/C20H24N2O6/c1-24-17-9-14(10-18(25-2)20(17)26-3)21-7-6-19(23)22-11-13-4-5-15-16(8-13)28-12-27-15/h4-5,8-10,21H,6-7,11-12H2,1-3H3,(H,22,23). The second-order valence-corrected chi connectivity index (χ2v) is 6.06. The number of carbonyl (C=O) groups excluding carboxylic acids is 1. The third-order valence-electron chi connectivity index (χ3n) is 4.27. The van der Waals surface area contributed by atoms with Crippen molar-refractivity contribution in [3.8, 4) is 28.7 Å². The highest BCUT2D eigenvalue weighted by Gasteiger charge is 2.14. The van der Waals surface area contributed by atoms with E-state index in [1.54, 1.807) is 33.5 Å². The molecule has 0 spiro atoms. The van der Waals surface area contributed by atoms with Crippen LogP contribution >= 0.6 is 0 Å². The SMILES string of the molecule is COc1cc(NCCC(=O)NCc2ccc3c(c2)OCO3)cc(OC)c1OC. The summed E-state index contributed by atoms with van der Waals surface area (Å²) in [5, 5.41) is 6.09. The first-order chi connectivity index (χ1) is 13.6. The van der Waals surface area contributed by atoms with Crippen molar-refractivity contribution in [1.29, 1.82) is 0 Å². The van der Waals surface area contributed by atoms with Crippen LogP contribution in [0.25, 0.3) is 0 Å². The van der Waals surface area contributed by atoms with Crippen molar-refractivity contribution in [2.24, 2.45) is 0 Å². The lowest BCUT2D eigenvalue weighted by Crippen LogP contribution is -2.24. The molecule has 0 fully saturated rings. The number of nitrogens with one attached hydrogen (secondary N) is 2. The van der Waals surface area contributed by atoms with Crippen LogP contribution in [0.3, 0.4) is 0 Å². The average Bonchev–Trinajstić information content (AvgIpc) is 3.19. The highest BCUT2D eigenvalue weighted by Crippen LogP contribution is 2.39. The summed E-state index contributed by atoms with van der Waals surface area (Å²) in [6, 6.07) is 9.21. The molecular formula is C20H24N2O6. The number of rotatable bonds is 9. The van der Waals surface area contributed by atoms with Gasteiger partial charge in [-0.3, -0.25) is 4.79 Å². The van der Waals surface area contributed by atoms with Gasteiger partial charge in [-0.2, -0.15) is 0 Å². The highest BCUT2D eigenvalue weighted by molar-refractivity contribution is 5.76. The van der Waals surface area contributed by atoms with E-state index in [0.717, 1.165) is 17.0 Å². The Kier molecular flexibility index (Phi) is 6.31. The molecule has 28 heavy (non-hydrogen) atoms. The molecule has 0 saturated carbocycles. The summed E-state index contributed by atoms with van der Waals surface area (Å²) >= 11 is 0. The number of hydrogen-bond acceptors (Lipinski definition) is 7. The molecule has 2 aromatic rings. The Morgan fingerprint density at radius 3 is 2.39 bits per heavy atom. The summed E-state index contributed by atoms with van der Waals surface area (Å²) in [5.41, 5.74) is 1.73. The first kappa shape index (κ1) is 19.5. The summed E-state index contributed by atoms with van der Waals surface area (Å²) in [5.74, 6) is 3.00. The summed E-state index contributed by atoms with van der Waals surface area (Å²) in [7, 11) is 4.67. The quantitative estimate of drug-likeness (QED) is 0.683. The number of amides is 1. The Labute approximate surface area is 163 Å². The Morgan fingerprint density at radius 1 is 1.00 bits per heavy atom. The van der Waals surface area contributed by atoms with Crippen molar-refractivity contribution in [2.45, 2.75) is 13.0 Å². The van der Waals surface area contributed by atoms with Gasteiger partial charge in [-0.25, -0.2) is 0 Å². The van der Waals surface area contributed by atoms with E-state index in [1.165, 1.54) is 0 Å². The molecule has 0 bridgehead atoms. The molecule has 0 aliphatic carbocycles.